The number of aromatic nitrogens is 1. The van der Waals surface area contributed by atoms with Crippen molar-refractivity contribution in [1.82, 2.24) is 10.3 Å². The molecule has 6 nitrogen and oxygen atoms in total. The molecule has 2 aromatic carbocycles. The molecular weight excluding hydrogens is 362 g/mol. The summed E-state index contributed by atoms with van der Waals surface area (Å²) in [5.41, 5.74) is 2.42. The lowest BCUT2D eigenvalue weighted by Crippen LogP contribution is -2.21. The maximum Gasteiger partial charge on any atom is 0.263 e. The average molecular weight is 381 g/mol. The monoisotopic (exact) mass is 381 g/mol. The summed E-state index contributed by atoms with van der Waals surface area (Å²) in [7, 11) is -2.24. The zero-order valence-corrected chi connectivity index (χ0v) is 15.5. The lowest BCUT2D eigenvalue weighted by molar-refractivity contribution is -0.120. The van der Waals surface area contributed by atoms with Crippen molar-refractivity contribution < 1.29 is 13.2 Å². The first-order valence-electron chi connectivity index (χ1n) is 8.33. The van der Waals surface area contributed by atoms with Crippen molar-refractivity contribution in [1.29, 1.82) is 0 Å². The predicted octanol–water partition coefficient (Wildman–Crippen LogP) is 2.84. The Kier molecular flexibility index (Phi) is 5.52. The first kappa shape index (κ1) is 18.6. The van der Waals surface area contributed by atoms with Crippen LogP contribution in [0.1, 0.15) is 5.69 Å². The van der Waals surface area contributed by atoms with Crippen LogP contribution in [0.15, 0.2) is 77.7 Å². The van der Waals surface area contributed by atoms with Crippen LogP contribution >= 0.6 is 0 Å². The van der Waals surface area contributed by atoms with E-state index in [1.54, 1.807) is 42.5 Å². The fraction of sp³-hybridized carbons (Fsp3) is 0.100. The Balaban J connectivity index is 1.79. The topological polar surface area (TPSA) is 88.2 Å². The lowest BCUT2D eigenvalue weighted by atomic mass is 10.1. The van der Waals surface area contributed by atoms with Crippen molar-refractivity contribution in [3.05, 3.63) is 78.5 Å². The van der Waals surface area contributed by atoms with Gasteiger partial charge in [-0.3, -0.25) is 9.52 Å². The zero-order valence-electron chi connectivity index (χ0n) is 14.7. The highest BCUT2D eigenvalue weighted by molar-refractivity contribution is 7.92. The second kappa shape index (κ2) is 8.01. The summed E-state index contributed by atoms with van der Waals surface area (Å²) in [6.07, 6.45) is 0.0812. The Hall–Kier alpha value is -3.19. The maximum atomic E-state index is 12.6. The quantitative estimate of drug-likeness (QED) is 0.687. The third-order valence-corrected chi connectivity index (χ3v) is 5.31. The van der Waals surface area contributed by atoms with Crippen LogP contribution in [0.3, 0.4) is 0 Å². The third kappa shape index (κ3) is 4.71. The van der Waals surface area contributed by atoms with Gasteiger partial charge in [0.15, 0.2) is 0 Å². The van der Waals surface area contributed by atoms with E-state index in [1.165, 1.54) is 7.05 Å². The number of amides is 1. The van der Waals surface area contributed by atoms with Gasteiger partial charge < -0.3 is 5.32 Å². The van der Waals surface area contributed by atoms with Crippen LogP contribution in [-0.2, 0) is 21.2 Å². The Morgan fingerprint density at radius 2 is 1.56 bits per heavy atom. The molecule has 0 aliphatic carbocycles. The molecule has 0 spiro atoms. The summed E-state index contributed by atoms with van der Waals surface area (Å²) < 4.78 is 27.7. The summed E-state index contributed by atoms with van der Waals surface area (Å²) >= 11 is 0. The number of anilines is 1. The molecular formula is C20H19N3O3S. The molecule has 0 aliphatic heterocycles. The van der Waals surface area contributed by atoms with Crippen LogP contribution < -0.4 is 10.0 Å². The summed E-state index contributed by atoms with van der Waals surface area (Å²) in [4.78, 5) is 15.8. The first-order valence-corrected chi connectivity index (χ1v) is 9.81. The van der Waals surface area contributed by atoms with Gasteiger partial charge in [0.05, 0.1) is 17.0 Å². The van der Waals surface area contributed by atoms with Gasteiger partial charge in [0.2, 0.25) is 5.91 Å². The summed E-state index contributed by atoms with van der Waals surface area (Å²) in [6, 6.07) is 21.2. The SMILES string of the molecule is CNC(=O)Cc1cccc(NS(=O)(=O)c2ccc(-c3ccccc3)cc2)n1. The van der Waals surface area contributed by atoms with E-state index in [2.05, 4.69) is 15.0 Å². The molecule has 0 radical (unpaired) electrons. The predicted molar refractivity (Wildman–Crippen MR) is 105 cm³/mol. The largest absolute Gasteiger partial charge is 0.359 e. The van der Waals surface area contributed by atoms with Crippen LogP contribution in [-0.4, -0.2) is 26.4 Å². The molecule has 0 aliphatic rings. The van der Waals surface area contributed by atoms with Crippen LogP contribution in [0.2, 0.25) is 0 Å². The number of likely N-dealkylation sites (N-methyl/N-ethyl adjacent to an activating group) is 1. The van der Waals surface area contributed by atoms with Crippen molar-refractivity contribution in [2.24, 2.45) is 0 Å². The lowest BCUT2D eigenvalue weighted by Gasteiger charge is -2.09. The van der Waals surface area contributed by atoms with E-state index in [4.69, 9.17) is 0 Å². The number of carbonyl (C=O) groups is 1. The minimum absolute atomic E-state index is 0.0812. The molecule has 0 unspecified atom stereocenters. The van der Waals surface area contributed by atoms with Crippen molar-refractivity contribution in [3.63, 3.8) is 0 Å². The minimum Gasteiger partial charge on any atom is -0.359 e. The molecule has 1 heterocycles. The molecule has 0 saturated carbocycles. The molecule has 1 aromatic heterocycles. The first-order chi connectivity index (χ1) is 13.0. The average Bonchev–Trinajstić information content (AvgIpc) is 2.68. The van der Waals surface area contributed by atoms with E-state index < -0.39 is 10.0 Å². The van der Waals surface area contributed by atoms with Crippen LogP contribution in [0.4, 0.5) is 5.82 Å². The highest BCUT2D eigenvalue weighted by Gasteiger charge is 2.15. The Labute approximate surface area is 158 Å². The van der Waals surface area contributed by atoms with E-state index in [0.717, 1.165) is 11.1 Å². The molecule has 2 N–H and O–H groups in total. The van der Waals surface area contributed by atoms with E-state index in [1.807, 2.05) is 30.3 Å². The summed E-state index contributed by atoms with van der Waals surface area (Å²) in [6.45, 7) is 0. The molecule has 7 heteroatoms. The van der Waals surface area contributed by atoms with Crippen LogP contribution in [0.25, 0.3) is 11.1 Å². The smallest absolute Gasteiger partial charge is 0.263 e. The van der Waals surface area contributed by atoms with Gasteiger partial charge in [0, 0.05) is 7.05 Å². The second-order valence-electron chi connectivity index (χ2n) is 5.86. The van der Waals surface area contributed by atoms with Gasteiger partial charge in [0.1, 0.15) is 5.82 Å². The number of rotatable bonds is 6. The minimum atomic E-state index is -3.78. The number of hydrogen-bond acceptors (Lipinski definition) is 4. The molecule has 3 aromatic rings. The van der Waals surface area contributed by atoms with Crippen molar-refractivity contribution in [2.75, 3.05) is 11.8 Å². The van der Waals surface area contributed by atoms with Gasteiger partial charge in [-0.05, 0) is 35.4 Å². The van der Waals surface area contributed by atoms with Crippen LogP contribution in [0, 0.1) is 0 Å². The van der Waals surface area contributed by atoms with Gasteiger partial charge in [0.25, 0.3) is 10.0 Å². The van der Waals surface area contributed by atoms with Crippen LogP contribution in [0.5, 0.6) is 0 Å². The number of hydrogen-bond donors (Lipinski definition) is 2. The Morgan fingerprint density at radius 3 is 2.22 bits per heavy atom. The number of nitrogens with one attached hydrogen (secondary N) is 2. The fourth-order valence-corrected chi connectivity index (χ4v) is 3.54. The Morgan fingerprint density at radius 1 is 0.889 bits per heavy atom. The number of nitrogens with zero attached hydrogens (tertiary/aromatic N) is 1. The van der Waals surface area contributed by atoms with E-state index in [9.17, 15) is 13.2 Å². The fourth-order valence-electron chi connectivity index (χ4n) is 2.54. The van der Waals surface area contributed by atoms with E-state index in [0.29, 0.717) is 5.69 Å². The van der Waals surface area contributed by atoms with Gasteiger partial charge in [-0.1, -0.05) is 48.5 Å². The Bertz CT molecular complexity index is 1030. The van der Waals surface area contributed by atoms with E-state index >= 15 is 0 Å². The van der Waals surface area contributed by atoms with Gasteiger partial charge >= 0.3 is 0 Å². The van der Waals surface area contributed by atoms with Gasteiger partial charge in [-0.2, -0.15) is 0 Å². The standard InChI is InChI=1S/C20H19N3O3S/c1-21-20(24)14-17-8-5-9-19(22-17)23-27(25,26)18-12-10-16(11-13-18)15-6-3-2-4-7-15/h2-13H,14H2,1H3,(H,21,24)(H,22,23). The number of benzene rings is 2. The molecule has 0 fully saturated rings. The zero-order chi connectivity index (χ0) is 19.3. The summed E-state index contributed by atoms with van der Waals surface area (Å²) in [5.74, 6) is -0.0254. The van der Waals surface area contributed by atoms with Crippen molar-refractivity contribution in [2.45, 2.75) is 11.3 Å². The van der Waals surface area contributed by atoms with E-state index in [-0.39, 0.29) is 23.0 Å². The number of sulfonamides is 1. The number of carbonyl (C=O) groups excluding carboxylic acids is 1. The second-order valence-corrected chi connectivity index (χ2v) is 7.54. The summed E-state index contributed by atoms with van der Waals surface area (Å²) in [5, 5.41) is 2.51. The highest BCUT2D eigenvalue weighted by Crippen LogP contribution is 2.22. The van der Waals surface area contributed by atoms with Crippen molar-refractivity contribution >= 4 is 21.7 Å². The van der Waals surface area contributed by atoms with Gasteiger partial charge in [-0.25, -0.2) is 13.4 Å². The highest BCUT2D eigenvalue weighted by atomic mass is 32.2. The molecule has 27 heavy (non-hydrogen) atoms. The molecule has 0 bridgehead atoms. The number of pyridine rings is 1. The molecule has 138 valence electrons. The molecule has 3 rings (SSSR count). The molecule has 1 amide bonds. The van der Waals surface area contributed by atoms with Crippen molar-refractivity contribution in [3.8, 4) is 11.1 Å². The normalized spacial score (nSPS) is 11.0. The molecule has 0 atom stereocenters. The third-order valence-electron chi connectivity index (χ3n) is 3.94. The maximum absolute atomic E-state index is 12.6. The molecule has 0 saturated heterocycles. The van der Waals surface area contributed by atoms with Gasteiger partial charge in [-0.15, -0.1) is 0 Å².